The lowest BCUT2D eigenvalue weighted by atomic mass is 10.0. The van der Waals surface area contributed by atoms with E-state index in [1.54, 1.807) is 48.5 Å². The zero-order chi connectivity index (χ0) is 28.0. The second-order valence-electron chi connectivity index (χ2n) is 9.62. The molecule has 2 amide bonds. The molecule has 0 aliphatic carbocycles. The molecule has 2 aliphatic rings. The van der Waals surface area contributed by atoms with Crippen LogP contribution in [-0.4, -0.2) is 59.1 Å². The molecule has 3 aromatic heterocycles. The number of rotatable bonds is 3. The Bertz CT molecular complexity index is 1660. The van der Waals surface area contributed by atoms with E-state index in [1.807, 2.05) is 0 Å². The summed E-state index contributed by atoms with van der Waals surface area (Å²) in [6.07, 6.45) is -1.47. The number of aromatic nitrogens is 3. The summed E-state index contributed by atoms with van der Waals surface area (Å²) in [6.45, 7) is 9.42. The number of nitrogens with one attached hydrogen (secondary N) is 1. The first-order valence-corrected chi connectivity index (χ1v) is 12.6. The highest BCUT2D eigenvalue weighted by atomic mass is 19.4. The molecule has 0 saturated carbocycles. The van der Waals surface area contributed by atoms with E-state index < -0.39 is 17.8 Å². The Morgan fingerprint density at radius 3 is 2.52 bits per heavy atom. The van der Waals surface area contributed by atoms with Crippen molar-refractivity contribution >= 4 is 39.9 Å². The maximum atomic E-state index is 14.4. The monoisotopic (exact) mass is 544 g/mol. The highest BCUT2D eigenvalue weighted by molar-refractivity contribution is 6.08. The average Bonchev–Trinajstić information content (AvgIpc) is 2.97. The lowest BCUT2D eigenvalue weighted by Crippen LogP contribution is -2.44. The van der Waals surface area contributed by atoms with Gasteiger partial charge in [-0.05, 0) is 36.4 Å². The van der Waals surface area contributed by atoms with E-state index in [0.29, 0.717) is 59.7 Å². The van der Waals surface area contributed by atoms with Crippen molar-refractivity contribution in [2.75, 3.05) is 43.0 Å². The van der Waals surface area contributed by atoms with Crippen molar-refractivity contribution < 1.29 is 18.0 Å². The normalized spacial score (nSPS) is 15.8. The first-order valence-electron chi connectivity index (χ1n) is 12.6. The molecule has 2 aliphatic heterocycles. The second-order valence-corrected chi connectivity index (χ2v) is 9.62. The van der Waals surface area contributed by atoms with Crippen LogP contribution in [-0.2, 0) is 12.7 Å². The third kappa shape index (κ3) is 4.44. The van der Waals surface area contributed by atoms with Gasteiger partial charge in [0.15, 0.2) is 0 Å². The number of fused-ring (bicyclic) bond motifs is 3. The molecule has 1 N–H and O–H groups in total. The summed E-state index contributed by atoms with van der Waals surface area (Å²) in [4.78, 5) is 34.7. The Morgan fingerprint density at radius 2 is 1.82 bits per heavy atom. The van der Waals surface area contributed by atoms with Gasteiger partial charge in [-0.25, -0.2) is 9.78 Å². The van der Waals surface area contributed by atoms with E-state index in [1.165, 1.54) is 22.1 Å². The standard InChI is InChI=1S/C28H23F3N8O/c1-32-24-8-3-17(14-35-24)21-5-6-22-25(36-21)26-18(15-34-22)16-37(2)27(40)39(26)19-4-7-23(20(13-19)28(29,30)31)38-11-9-33-10-12-38/h3-8,13-15,33H,9-12,16H2,2H3. The van der Waals surface area contributed by atoms with Gasteiger partial charge in [0.1, 0.15) is 11.7 Å². The van der Waals surface area contributed by atoms with E-state index in [9.17, 15) is 18.0 Å². The Labute approximate surface area is 227 Å². The largest absolute Gasteiger partial charge is 0.418 e. The van der Waals surface area contributed by atoms with Crippen LogP contribution in [0.3, 0.4) is 0 Å². The Hall–Kier alpha value is -4.76. The van der Waals surface area contributed by atoms with Gasteiger partial charge in [0, 0.05) is 56.2 Å². The molecule has 0 bridgehead atoms. The highest BCUT2D eigenvalue weighted by Crippen LogP contribution is 2.44. The summed E-state index contributed by atoms with van der Waals surface area (Å²) in [5, 5.41) is 3.16. The molecule has 6 rings (SSSR count). The Morgan fingerprint density at radius 1 is 1.02 bits per heavy atom. The number of hydrogen-bond acceptors (Lipinski definition) is 6. The van der Waals surface area contributed by atoms with Crippen LogP contribution in [0, 0.1) is 6.57 Å². The van der Waals surface area contributed by atoms with Crippen molar-refractivity contribution in [1.82, 2.24) is 25.2 Å². The molecule has 4 aromatic rings. The molecular formula is C28H23F3N8O. The van der Waals surface area contributed by atoms with E-state index in [2.05, 4.69) is 20.1 Å². The quantitative estimate of drug-likeness (QED) is 0.349. The minimum absolute atomic E-state index is 0.0890. The predicted octanol–water partition coefficient (Wildman–Crippen LogP) is 5.37. The fourth-order valence-corrected chi connectivity index (χ4v) is 5.12. The Kier molecular flexibility index (Phi) is 6.23. The molecule has 40 heavy (non-hydrogen) atoms. The van der Waals surface area contributed by atoms with Gasteiger partial charge in [0.2, 0.25) is 0 Å². The maximum Gasteiger partial charge on any atom is 0.418 e. The van der Waals surface area contributed by atoms with Gasteiger partial charge in [0.05, 0.1) is 34.7 Å². The van der Waals surface area contributed by atoms with Crippen molar-refractivity contribution in [3.8, 4) is 11.3 Å². The topological polar surface area (TPSA) is 81.8 Å². The molecule has 0 atom stereocenters. The number of benzene rings is 1. The first-order chi connectivity index (χ1) is 19.2. The van der Waals surface area contributed by atoms with Crippen molar-refractivity contribution in [2.24, 2.45) is 0 Å². The highest BCUT2D eigenvalue weighted by Gasteiger charge is 2.38. The SMILES string of the molecule is [C-]#[N+]c1ccc(-c2ccc3ncc4c(c3n2)N(c2ccc(N3CCNCC3)c(C(F)(F)F)c2)C(=O)N(C)C4)cn1. The van der Waals surface area contributed by atoms with E-state index in [-0.39, 0.29) is 23.7 Å². The van der Waals surface area contributed by atoms with Crippen LogP contribution in [0.5, 0.6) is 0 Å². The van der Waals surface area contributed by atoms with Crippen molar-refractivity contribution in [1.29, 1.82) is 0 Å². The minimum Gasteiger partial charge on any atom is -0.368 e. The number of pyridine rings is 3. The van der Waals surface area contributed by atoms with Gasteiger partial charge < -0.3 is 20.0 Å². The number of amides is 2. The van der Waals surface area contributed by atoms with Crippen LogP contribution < -0.4 is 15.1 Å². The van der Waals surface area contributed by atoms with Crippen LogP contribution in [0.2, 0.25) is 0 Å². The number of hydrogen-bond donors (Lipinski definition) is 1. The summed E-state index contributed by atoms with van der Waals surface area (Å²) in [5.41, 5.74) is 2.48. The third-order valence-corrected chi connectivity index (χ3v) is 7.07. The van der Waals surface area contributed by atoms with Gasteiger partial charge in [-0.3, -0.25) is 9.88 Å². The first kappa shape index (κ1) is 25.5. The Balaban J connectivity index is 1.52. The van der Waals surface area contributed by atoms with Gasteiger partial charge in [-0.15, -0.1) is 4.98 Å². The van der Waals surface area contributed by atoms with Crippen LogP contribution in [0.1, 0.15) is 11.1 Å². The second kappa shape index (κ2) is 9.77. The summed E-state index contributed by atoms with van der Waals surface area (Å²) in [5.74, 6) is 0.244. The zero-order valence-electron chi connectivity index (χ0n) is 21.4. The number of carbonyl (C=O) groups is 1. The van der Waals surface area contributed by atoms with E-state index >= 15 is 0 Å². The molecule has 5 heterocycles. The maximum absolute atomic E-state index is 14.4. The minimum atomic E-state index is -4.62. The number of halogens is 3. The molecule has 0 spiro atoms. The predicted molar refractivity (Wildman–Crippen MR) is 145 cm³/mol. The lowest BCUT2D eigenvalue weighted by Gasteiger charge is -2.36. The molecule has 1 fully saturated rings. The van der Waals surface area contributed by atoms with Gasteiger partial charge in [-0.1, -0.05) is 12.6 Å². The number of nitrogens with zero attached hydrogens (tertiary/aromatic N) is 7. The lowest BCUT2D eigenvalue weighted by molar-refractivity contribution is -0.137. The smallest absolute Gasteiger partial charge is 0.368 e. The van der Waals surface area contributed by atoms with Crippen LogP contribution in [0.4, 0.5) is 40.8 Å². The zero-order valence-corrected chi connectivity index (χ0v) is 21.4. The average molecular weight is 545 g/mol. The molecule has 202 valence electrons. The number of urea groups is 1. The number of piperazine rings is 1. The summed E-state index contributed by atoms with van der Waals surface area (Å²) < 4.78 is 43.1. The van der Waals surface area contributed by atoms with Gasteiger partial charge in [0.25, 0.3) is 5.82 Å². The molecule has 9 nitrogen and oxygen atoms in total. The summed E-state index contributed by atoms with van der Waals surface area (Å²) in [6, 6.07) is 10.4. The van der Waals surface area contributed by atoms with Gasteiger partial charge >= 0.3 is 12.2 Å². The van der Waals surface area contributed by atoms with Crippen LogP contribution >= 0.6 is 0 Å². The molecule has 12 heteroatoms. The van der Waals surface area contributed by atoms with Crippen molar-refractivity contribution in [3.05, 3.63) is 77.4 Å². The van der Waals surface area contributed by atoms with E-state index in [0.717, 1.165) is 6.07 Å². The van der Waals surface area contributed by atoms with E-state index in [4.69, 9.17) is 11.6 Å². The molecule has 1 aromatic carbocycles. The van der Waals surface area contributed by atoms with Crippen molar-refractivity contribution in [2.45, 2.75) is 12.7 Å². The summed E-state index contributed by atoms with van der Waals surface area (Å²) in [7, 11) is 1.59. The van der Waals surface area contributed by atoms with Crippen molar-refractivity contribution in [3.63, 3.8) is 0 Å². The molecular weight excluding hydrogens is 521 g/mol. The van der Waals surface area contributed by atoms with Gasteiger partial charge in [-0.2, -0.15) is 13.2 Å². The third-order valence-electron chi connectivity index (χ3n) is 7.07. The molecule has 0 unspecified atom stereocenters. The molecule has 0 radical (unpaired) electrons. The van der Waals surface area contributed by atoms with Crippen LogP contribution in [0.25, 0.3) is 27.1 Å². The fourth-order valence-electron chi connectivity index (χ4n) is 5.12. The number of alkyl halides is 3. The fraction of sp³-hybridized carbons (Fsp3) is 0.250. The number of carbonyl (C=O) groups excluding carboxylic acids is 1. The van der Waals surface area contributed by atoms with Crippen LogP contribution in [0.15, 0.2) is 54.9 Å². The molecule has 1 saturated heterocycles. The number of anilines is 3. The summed E-state index contributed by atoms with van der Waals surface area (Å²) >= 11 is 0.